The Balaban J connectivity index is 2.02. The van der Waals surface area contributed by atoms with Crippen LogP contribution in [-0.4, -0.2) is 30.2 Å². The number of hydrogen-bond acceptors (Lipinski definition) is 3. The van der Waals surface area contributed by atoms with Crippen molar-refractivity contribution in [1.29, 1.82) is 0 Å². The number of aliphatic hydroxyl groups is 1. The standard InChI is InChI=1S/C13H16F3NO2/c14-13(15,16)19-11-4-2-10(3-5-11)8-12(9-18)6-1-7-17-12/h2-5,17-18H,1,6-9H2. The molecule has 19 heavy (non-hydrogen) atoms. The third-order valence-corrected chi connectivity index (χ3v) is 3.33. The van der Waals surface area contributed by atoms with Crippen molar-refractivity contribution in [3.63, 3.8) is 0 Å². The third-order valence-electron chi connectivity index (χ3n) is 3.33. The van der Waals surface area contributed by atoms with Gasteiger partial charge in [0.15, 0.2) is 0 Å². The van der Waals surface area contributed by atoms with Gasteiger partial charge < -0.3 is 15.2 Å². The summed E-state index contributed by atoms with van der Waals surface area (Å²) in [6, 6.07) is 5.78. The Bertz CT molecular complexity index is 411. The molecule has 0 spiro atoms. The lowest BCUT2D eigenvalue weighted by molar-refractivity contribution is -0.274. The average molecular weight is 275 g/mol. The molecule has 1 aliphatic rings. The van der Waals surface area contributed by atoms with Gasteiger partial charge >= 0.3 is 6.36 Å². The van der Waals surface area contributed by atoms with Gasteiger partial charge in [-0.2, -0.15) is 0 Å². The number of ether oxygens (including phenoxy) is 1. The number of hydrogen-bond donors (Lipinski definition) is 2. The van der Waals surface area contributed by atoms with Crippen LogP contribution in [-0.2, 0) is 6.42 Å². The Morgan fingerprint density at radius 2 is 1.95 bits per heavy atom. The average Bonchev–Trinajstić information content (AvgIpc) is 2.79. The summed E-state index contributed by atoms with van der Waals surface area (Å²) in [5, 5.41) is 12.7. The van der Waals surface area contributed by atoms with Gasteiger partial charge in [0.05, 0.1) is 6.61 Å². The lowest BCUT2D eigenvalue weighted by Crippen LogP contribution is -2.45. The Morgan fingerprint density at radius 1 is 1.26 bits per heavy atom. The summed E-state index contributed by atoms with van der Waals surface area (Å²) in [5.41, 5.74) is 0.532. The molecule has 6 heteroatoms. The number of alkyl halides is 3. The molecule has 1 unspecified atom stereocenters. The number of benzene rings is 1. The summed E-state index contributed by atoms with van der Waals surface area (Å²) >= 11 is 0. The second-order valence-corrected chi connectivity index (χ2v) is 4.84. The molecule has 1 aliphatic heterocycles. The van der Waals surface area contributed by atoms with Crippen LogP contribution in [0.4, 0.5) is 13.2 Å². The van der Waals surface area contributed by atoms with Crippen molar-refractivity contribution in [3.8, 4) is 5.75 Å². The highest BCUT2D eigenvalue weighted by Gasteiger charge is 2.33. The van der Waals surface area contributed by atoms with E-state index in [-0.39, 0.29) is 17.9 Å². The summed E-state index contributed by atoms with van der Waals surface area (Å²) in [5.74, 6) is -0.228. The topological polar surface area (TPSA) is 41.5 Å². The van der Waals surface area contributed by atoms with Crippen molar-refractivity contribution in [2.75, 3.05) is 13.2 Å². The predicted octanol–water partition coefficient (Wildman–Crippen LogP) is 2.24. The van der Waals surface area contributed by atoms with Gasteiger partial charge in [-0.1, -0.05) is 12.1 Å². The minimum absolute atomic E-state index is 0.0216. The van der Waals surface area contributed by atoms with E-state index in [4.69, 9.17) is 0 Å². The van der Waals surface area contributed by atoms with E-state index >= 15 is 0 Å². The van der Waals surface area contributed by atoms with Crippen LogP contribution in [0.15, 0.2) is 24.3 Å². The zero-order valence-electron chi connectivity index (χ0n) is 10.3. The molecule has 0 bridgehead atoms. The molecule has 0 radical (unpaired) electrons. The molecule has 1 heterocycles. The Labute approximate surface area is 109 Å². The fourth-order valence-electron chi connectivity index (χ4n) is 2.41. The van der Waals surface area contributed by atoms with E-state index in [1.165, 1.54) is 12.1 Å². The molecule has 1 aromatic rings. The Morgan fingerprint density at radius 3 is 2.42 bits per heavy atom. The first-order chi connectivity index (χ1) is 8.92. The summed E-state index contributed by atoms with van der Waals surface area (Å²) in [6.45, 7) is 0.879. The fraction of sp³-hybridized carbons (Fsp3) is 0.538. The van der Waals surface area contributed by atoms with Gasteiger partial charge in [-0.25, -0.2) is 0 Å². The maximum Gasteiger partial charge on any atom is 0.573 e. The smallest absolute Gasteiger partial charge is 0.406 e. The minimum atomic E-state index is -4.67. The molecular weight excluding hydrogens is 259 g/mol. The van der Waals surface area contributed by atoms with E-state index in [0.29, 0.717) is 6.42 Å². The molecule has 0 amide bonds. The lowest BCUT2D eigenvalue weighted by Gasteiger charge is -2.27. The van der Waals surface area contributed by atoms with E-state index in [0.717, 1.165) is 24.9 Å². The van der Waals surface area contributed by atoms with Crippen LogP contribution in [0, 0.1) is 0 Å². The van der Waals surface area contributed by atoms with Gasteiger partial charge in [-0.3, -0.25) is 0 Å². The molecule has 1 fully saturated rings. The van der Waals surface area contributed by atoms with Crippen molar-refractivity contribution in [2.24, 2.45) is 0 Å². The number of rotatable bonds is 4. The monoisotopic (exact) mass is 275 g/mol. The highest BCUT2D eigenvalue weighted by molar-refractivity contribution is 5.29. The first kappa shape index (κ1) is 14.1. The van der Waals surface area contributed by atoms with Crippen LogP contribution < -0.4 is 10.1 Å². The third kappa shape index (κ3) is 3.84. The Kier molecular flexibility index (Phi) is 4.01. The summed E-state index contributed by atoms with van der Waals surface area (Å²) in [7, 11) is 0. The summed E-state index contributed by atoms with van der Waals surface area (Å²) in [4.78, 5) is 0. The zero-order chi connectivity index (χ0) is 13.9. The lowest BCUT2D eigenvalue weighted by atomic mass is 9.90. The van der Waals surface area contributed by atoms with Crippen LogP contribution in [0.25, 0.3) is 0 Å². The molecule has 106 valence electrons. The molecule has 2 rings (SSSR count). The number of halogens is 3. The zero-order valence-corrected chi connectivity index (χ0v) is 10.3. The first-order valence-electron chi connectivity index (χ1n) is 6.13. The van der Waals surface area contributed by atoms with Crippen molar-refractivity contribution >= 4 is 0 Å². The van der Waals surface area contributed by atoms with E-state index < -0.39 is 6.36 Å². The maximum atomic E-state index is 12.0. The molecular formula is C13H16F3NO2. The van der Waals surface area contributed by atoms with E-state index in [1.807, 2.05) is 0 Å². The molecule has 0 aliphatic carbocycles. The number of nitrogens with one attached hydrogen (secondary N) is 1. The molecule has 0 saturated carbocycles. The molecule has 0 aromatic heterocycles. The molecule has 2 N–H and O–H groups in total. The summed E-state index contributed by atoms with van der Waals surface area (Å²) < 4.78 is 39.9. The van der Waals surface area contributed by atoms with E-state index in [9.17, 15) is 18.3 Å². The highest BCUT2D eigenvalue weighted by atomic mass is 19.4. The van der Waals surface area contributed by atoms with Gasteiger partial charge in [0.25, 0.3) is 0 Å². The van der Waals surface area contributed by atoms with Crippen LogP contribution in [0.2, 0.25) is 0 Å². The largest absolute Gasteiger partial charge is 0.573 e. The van der Waals surface area contributed by atoms with Crippen LogP contribution >= 0.6 is 0 Å². The molecule has 1 atom stereocenters. The normalized spacial score (nSPS) is 23.6. The predicted molar refractivity (Wildman–Crippen MR) is 63.9 cm³/mol. The summed E-state index contributed by atoms with van der Waals surface area (Å²) in [6.07, 6.45) is -2.21. The van der Waals surface area contributed by atoms with Gasteiger partial charge in [0, 0.05) is 5.54 Å². The molecule has 1 aromatic carbocycles. The van der Waals surface area contributed by atoms with Crippen LogP contribution in [0.1, 0.15) is 18.4 Å². The van der Waals surface area contributed by atoms with Crippen molar-refractivity contribution in [3.05, 3.63) is 29.8 Å². The first-order valence-corrected chi connectivity index (χ1v) is 6.13. The molecule has 3 nitrogen and oxygen atoms in total. The highest BCUT2D eigenvalue weighted by Crippen LogP contribution is 2.26. The number of aliphatic hydroxyl groups excluding tert-OH is 1. The van der Waals surface area contributed by atoms with Crippen molar-refractivity contribution < 1.29 is 23.0 Å². The minimum Gasteiger partial charge on any atom is -0.406 e. The second-order valence-electron chi connectivity index (χ2n) is 4.84. The van der Waals surface area contributed by atoms with Crippen molar-refractivity contribution in [1.82, 2.24) is 5.32 Å². The van der Waals surface area contributed by atoms with E-state index in [2.05, 4.69) is 10.1 Å². The van der Waals surface area contributed by atoms with Gasteiger partial charge in [0.1, 0.15) is 5.75 Å². The van der Waals surface area contributed by atoms with E-state index in [1.54, 1.807) is 12.1 Å². The quantitative estimate of drug-likeness (QED) is 0.885. The van der Waals surface area contributed by atoms with Gasteiger partial charge in [-0.15, -0.1) is 13.2 Å². The fourth-order valence-corrected chi connectivity index (χ4v) is 2.41. The Hall–Kier alpha value is -1.27. The molecule has 1 saturated heterocycles. The van der Waals surface area contributed by atoms with Gasteiger partial charge in [-0.05, 0) is 43.5 Å². The second kappa shape index (κ2) is 5.38. The van der Waals surface area contributed by atoms with Crippen LogP contribution in [0.3, 0.4) is 0 Å². The SMILES string of the molecule is OCC1(Cc2ccc(OC(F)(F)F)cc2)CCCN1. The maximum absolute atomic E-state index is 12.0. The van der Waals surface area contributed by atoms with Gasteiger partial charge in [0.2, 0.25) is 0 Å². The van der Waals surface area contributed by atoms with Crippen molar-refractivity contribution in [2.45, 2.75) is 31.2 Å². The van der Waals surface area contributed by atoms with Crippen LogP contribution in [0.5, 0.6) is 5.75 Å².